The summed E-state index contributed by atoms with van der Waals surface area (Å²) in [5.41, 5.74) is 0. The largest absolute Gasteiger partial charge is 0.388 e. The van der Waals surface area contributed by atoms with Crippen molar-refractivity contribution in [3.05, 3.63) is 0 Å². The molecular weight excluding hydrogens is 136 g/mol. The number of fused-ring (bicyclic) bond motifs is 1. The van der Waals surface area contributed by atoms with Crippen LogP contribution in [0.25, 0.3) is 0 Å². The summed E-state index contributed by atoms with van der Waals surface area (Å²) >= 11 is 0. The molecule has 0 radical (unpaired) electrons. The number of hydrogen-bond donors (Lipinski definition) is 2. The summed E-state index contributed by atoms with van der Waals surface area (Å²) in [6.45, 7) is 0.568. The molecule has 0 saturated carbocycles. The van der Waals surface area contributed by atoms with Crippen LogP contribution in [0.3, 0.4) is 0 Å². The number of hydrogen-bond acceptors (Lipinski definition) is 4. The highest BCUT2D eigenvalue weighted by atomic mass is 16.6. The molecule has 4 heteroatoms. The highest BCUT2D eigenvalue weighted by Crippen LogP contribution is 2.26. The molecule has 0 bridgehead atoms. The van der Waals surface area contributed by atoms with Gasteiger partial charge in [-0.3, -0.25) is 0 Å². The Bertz CT molecular complexity index is 122. The molecule has 2 fully saturated rings. The first-order chi connectivity index (χ1) is 4.79. The normalized spacial score (nSPS) is 53.4. The van der Waals surface area contributed by atoms with Crippen molar-refractivity contribution < 1.29 is 19.7 Å². The summed E-state index contributed by atoms with van der Waals surface area (Å²) in [4.78, 5) is 0. The molecular formula is C6H10O4. The van der Waals surface area contributed by atoms with E-state index >= 15 is 0 Å². The Morgan fingerprint density at radius 1 is 0.900 bits per heavy atom. The second-order valence-corrected chi connectivity index (χ2v) is 2.73. The number of aliphatic hydroxyl groups is 2. The first kappa shape index (κ1) is 6.54. The third-order valence-electron chi connectivity index (χ3n) is 2.00. The fraction of sp³-hybridized carbons (Fsp3) is 1.00. The molecule has 58 valence electrons. The van der Waals surface area contributed by atoms with Crippen LogP contribution >= 0.6 is 0 Å². The monoisotopic (exact) mass is 146 g/mol. The van der Waals surface area contributed by atoms with Crippen molar-refractivity contribution in [2.24, 2.45) is 0 Å². The van der Waals surface area contributed by atoms with Gasteiger partial charge in [-0.05, 0) is 0 Å². The van der Waals surface area contributed by atoms with Gasteiger partial charge in [-0.15, -0.1) is 0 Å². The van der Waals surface area contributed by atoms with Crippen molar-refractivity contribution in [3.8, 4) is 0 Å². The van der Waals surface area contributed by atoms with Crippen molar-refractivity contribution in [3.63, 3.8) is 0 Å². The predicted molar refractivity (Wildman–Crippen MR) is 31.5 cm³/mol. The number of rotatable bonds is 0. The van der Waals surface area contributed by atoms with Crippen molar-refractivity contribution >= 4 is 0 Å². The lowest BCUT2D eigenvalue weighted by Gasteiger charge is -2.09. The topological polar surface area (TPSA) is 58.9 Å². The van der Waals surface area contributed by atoms with Crippen LogP contribution in [0.2, 0.25) is 0 Å². The van der Waals surface area contributed by atoms with Gasteiger partial charge < -0.3 is 19.7 Å². The lowest BCUT2D eigenvalue weighted by Crippen LogP contribution is -2.30. The molecule has 2 aliphatic rings. The molecule has 2 N–H and O–H groups in total. The molecule has 2 saturated heterocycles. The van der Waals surface area contributed by atoms with Gasteiger partial charge in [0.2, 0.25) is 0 Å². The SMILES string of the molecule is OC1COC2[C@H]1OC[C@@H]2O. The molecule has 0 amide bonds. The third kappa shape index (κ3) is 0.769. The van der Waals surface area contributed by atoms with E-state index in [2.05, 4.69) is 0 Å². The van der Waals surface area contributed by atoms with Gasteiger partial charge in [0.15, 0.2) is 0 Å². The average Bonchev–Trinajstić information content (AvgIpc) is 2.41. The van der Waals surface area contributed by atoms with Crippen LogP contribution in [0, 0.1) is 0 Å². The van der Waals surface area contributed by atoms with E-state index in [1.165, 1.54) is 0 Å². The molecule has 0 aromatic rings. The van der Waals surface area contributed by atoms with Crippen molar-refractivity contribution in [1.29, 1.82) is 0 Å². The van der Waals surface area contributed by atoms with Crippen LogP contribution in [0.15, 0.2) is 0 Å². The maximum absolute atomic E-state index is 9.16. The fourth-order valence-corrected chi connectivity index (χ4v) is 1.46. The zero-order valence-electron chi connectivity index (χ0n) is 5.43. The van der Waals surface area contributed by atoms with Crippen molar-refractivity contribution in [2.45, 2.75) is 24.4 Å². The van der Waals surface area contributed by atoms with Gasteiger partial charge in [0.1, 0.15) is 24.4 Å². The summed E-state index contributed by atoms with van der Waals surface area (Å²) in [6, 6.07) is 0. The van der Waals surface area contributed by atoms with Gasteiger partial charge in [0.05, 0.1) is 13.2 Å². The Morgan fingerprint density at radius 3 is 1.70 bits per heavy atom. The molecule has 0 aromatic heterocycles. The first-order valence-corrected chi connectivity index (χ1v) is 3.38. The van der Waals surface area contributed by atoms with E-state index < -0.39 is 12.2 Å². The number of aliphatic hydroxyl groups excluding tert-OH is 2. The van der Waals surface area contributed by atoms with Crippen LogP contribution in [0.4, 0.5) is 0 Å². The van der Waals surface area contributed by atoms with Gasteiger partial charge in [-0.2, -0.15) is 0 Å². The molecule has 4 atom stereocenters. The van der Waals surface area contributed by atoms with Crippen molar-refractivity contribution in [1.82, 2.24) is 0 Å². The van der Waals surface area contributed by atoms with E-state index in [-0.39, 0.29) is 25.4 Å². The molecule has 4 nitrogen and oxygen atoms in total. The van der Waals surface area contributed by atoms with Gasteiger partial charge in [0, 0.05) is 0 Å². The van der Waals surface area contributed by atoms with E-state index in [0.717, 1.165) is 0 Å². The van der Waals surface area contributed by atoms with E-state index in [1.807, 2.05) is 0 Å². The second-order valence-electron chi connectivity index (χ2n) is 2.73. The highest BCUT2D eigenvalue weighted by molar-refractivity contribution is 4.93. The van der Waals surface area contributed by atoms with Crippen LogP contribution in [-0.4, -0.2) is 47.8 Å². The standard InChI is InChI=1S/C6H10O4/c7-3-1-9-6-4(8)2-10-5(3)6/h3-8H,1-2H2/t3-,4?,5?,6-/m0/s1. The number of ether oxygens (including phenoxy) is 2. The highest BCUT2D eigenvalue weighted by Gasteiger charge is 2.46. The summed E-state index contributed by atoms with van der Waals surface area (Å²) in [7, 11) is 0. The summed E-state index contributed by atoms with van der Waals surface area (Å²) in [5, 5.41) is 18.3. The minimum absolute atomic E-state index is 0.284. The Balaban J connectivity index is 2.09. The first-order valence-electron chi connectivity index (χ1n) is 3.38. The fourth-order valence-electron chi connectivity index (χ4n) is 1.46. The predicted octanol–water partition coefficient (Wildman–Crippen LogP) is -1.49. The van der Waals surface area contributed by atoms with E-state index in [1.54, 1.807) is 0 Å². The molecule has 2 rings (SSSR count). The smallest absolute Gasteiger partial charge is 0.114 e. The summed E-state index contributed by atoms with van der Waals surface area (Å²) in [5.74, 6) is 0. The zero-order chi connectivity index (χ0) is 7.14. The Hall–Kier alpha value is -0.160. The lowest BCUT2D eigenvalue weighted by atomic mass is 10.1. The Labute approximate surface area is 58.4 Å². The molecule has 2 aliphatic heterocycles. The second kappa shape index (κ2) is 2.17. The quantitative estimate of drug-likeness (QED) is 0.437. The van der Waals surface area contributed by atoms with Crippen LogP contribution in [0.5, 0.6) is 0 Å². The Morgan fingerprint density at radius 2 is 1.30 bits per heavy atom. The minimum atomic E-state index is -0.554. The van der Waals surface area contributed by atoms with Gasteiger partial charge in [-0.25, -0.2) is 0 Å². The average molecular weight is 146 g/mol. The Kier molecular flexibility index (Phi) is 1.42. The molecule has 0 aromatic carbocycles. The van der Waals surface area contributed by atoms with Crippen molar-refractivity contribution in [2.75, 3.05) is 13.2 Å². The van der Waals surface area contributed by atoms with E-state index in [4.69, 9.17) is 19.7 Å². The third-order valence-corrected chi connectivity index (χ3v) is 2.00. The van der Waals surface area contributed by atoms with E-state index in [0.29, 0.717) is 0 Å². The van der Waals surface area contributed by atoms with Gasteiger partial charge in [-0.1, -0.05) is 0 Å². The summed E-state index contributed by atoms with van der Waals surface area (Å²) in [6.07, 6.45) is -1.70. The maximum Gasteiger partial charge on any atom is 0.114 e. The molecule has 2 unspecified atom stereocenters. The zero-order valence-corrected chi connectivity index (χ0v) is 5.43. The van der Waals surface area contributed by atoms with Crippen LogP contribution < -0.4 is 0 Å². The molecule has 10 heavy (non-hydrogen) atoms. The lowest BCUT2D eigenvalue weighted by molar-refractivity contribution is 0.00205. The minimum Gasteiger partial charge on any atom is -0.388 e. The van der Waals surface area contributed by atoms with Crippen LogP contribution in [-0.2, 0) is 9.47 Å². The van der Waals surface area contributed by atoms with Gasteiger partial charge >= 0.3 is 0 Å². The van der Waals surface area contributed by atoms with Crippen LogP contribution in [0.1, 0.15) is 0 Å². The van der Waals surface area contributed by atoms with E-state index in [9.17, 15) is 0 Å². The maximum atomic E-state index is 9.16. The molecule has 0 spiro atoms. The molecule has 0 aliphatic carbocycles. The molecule has 2 heterocycles. The summed E-state index contributed by atoms with van der Waals surface area (Å²) < 4.78 is 10.2. The van der Waals surface area contributed by atoms with Gasteiger partial charge in [0.25, 0.3) is 0 Å².